The molecule has 1 aliphatic rings. The number of nitrogens with zero attached hydrogens (tertiary/aromatic N) is 1. The number of thiophene rings is 1. The molecule has 0 aliphatic heterocycles. The molecule has 0 bridgehead atoms. The van der Waals surface area contributed by atoms with Crippen LogP contribution >= 0.6 is 22.7 Å². The second-order valence-corrected chi connectivity index (χ2v) is 8.08. The Hall–Kier alpha value is -1.98. The Morgan fingerprint density at radius 2 is 2.04 bits per heavy atom. The second kappa shape index (κ2) is 6.49. The van der Waals surface area contributed by atoms with Gasteiger partial charge in [-0.15, -0.1) is 22.7 Å². The van der Waals surface area contributed by atoms with E-state index in [-0.39, 0.29) is 5.91 Å². The summed E-state index contributed by atoms with van der Waals surface area (Å²) in [6.45, 7) is 2.28. The fourth-order valence-electron chi connectivity index (χ4n) is 3.10. The second-order valence-electron chi connectivity index (χ2n) is 6.26. The number of hydrogen-bond acceptors (Lipinski definition) is 4. The van der Waals surface area contributed by atoms with E-state index in [0.29, 0.717) is 5.13 Å². The largest absolute Gasteiger partial charge is 0.298 e. The summed E-state index contributed by atoms with van der Waals surface area (Å²) in [6, 6.07) is 10.0. The number of carbonyl (C=O) groups is 1. The van der Waals surface area contributed by atoms with Crippen molar-refractivity contribution < 1.29 is 4.79 Å². The van der Waals surface area contributed by atoms with E-state index in [2.05, 4.69) is 17.2 Å². The molecule has 2 heterocycles. The van der Waals surface area contributed by atoms with Gasteiger partial charge < -0.3 is 0 Å². The number of nitrogens with one attached hydrogen (secondary N) is 1. The Labute approximate surface area is 149 Å². The lowest BCUT2D eigenvalue weighted by Crippen LogP contribution is -2.16. The summed E-state index contributed by atoms with van der Waals surface area (Å²) in [6.07, 6.45) is 3.28. The number of amides is 1. The van der Waals surface area contributed by atoms with Crippen LogP contribution in [0, 0.1) is 5.92 Å². The maximum Gasteiger partial charge on any atom is 0.258 e. The molecule has 0 spiro atoms. The molecule has 5 heteroatoms. The molecule has 4 rings (SSSR count). The predicted octanol–water partition coefficient (Wildman–Crippen LogP) is 5.25. The molecular weight excluding hydrogens is 336 g/mol. The van der Waals surface area contributed by atoms with Crippen LogP contribution in [-0.2, 0) is 12.8 Å². The molecular formula is C19H18N2OS2. The normalized spacial score (nSPS) is 16.6. The monoisotopic (exact) mass is 354 g/mol. The van der Waals surface area contributed by atoms with Crippen molar-refractivity contribution >= 4 is 33.7 Å². The Morgan fingerprint density at radius 3 is 2.88 bits per heavy atom. The van der Waals surface area contributed by atoms with Gasteiger partial charge in [0.2, 0.25) is 0 Å². The minimum Gasteiger partial charge on any atom is -0.298 e. The summed E-state index contributed by atoms with van der Waals surface area (Å²) < 4.78 is 0. The van der Waals surface area contributed by atoms with E-state index in [0.717, 1.165) is 35.6 Å². The fourth-order valence-corrected chi connectivity index (χ4v) is 5.06. The third-order valence-electron chi connectivity index (χ3n) is 4.44. The van der Waals surface area contributed by atoms with Gasteiger partial charge in [0.15, 0.2) is 5.13 Å². The predicted molar refractivity (Wildman–Crippen MR) is 101 cm³/mol. The van der Waals surface area contributed by atoms with Crippen molar-refractivity contribution in [3.05, 3.63) is 57.1 Å². The lowest BCUT2D eigenvalue weighted by atomic mass is 9.88. The highest BCUT2D eigenvalue weighted by atomic mass is 32.1. The van der Waals surface area contributed by atoms with E-state index < -0.39 is 0 Å². The Kier molecular flexibility index (Phi) is 4.21. The highest BCUT2D eigenvalue weighted by molar-refractivity contribution is 7.14. The van der Waals surface area contributed by atoms with Crippen LogP contribution in [0.2, 0.25) is 0 Å². The highest BCUT2D eigenvalue weighted by Gasteiger charge is 2.23. The zero-order valence-corrected chi connectivity index (χ0v) is 15.0. The molecule has 24 heavy (non-hydrogen) atoms. The molecule has 3 aromatic rings. The molecule has 0 unspecified atom stereocenters. The molecule has 1 N–H and O–H groups in total. The maximum absolute atomic E-state index is 12.6. The van der Waals surface area contributed by atoms with Crippen LogP contribution in [0.25, 0.3) is 11.3 Å². The van der Waals surface area contributed by atoms with Crippen molar-refractivity contribution in [2.45, 2.75) is 26.2 Å². The minimum atomic E-state index is -0.0315. The van der Waals surface area contributed by atoms with E-state index in [9.17, 15) is 4.79 Å². The fraction of sp³-hybridized carbons (Fsp3) is 0.263. The van der Waals surface area contributed by atoms with Gasteiger partial charge in [0.1, 0.15) is 0 Å². The van der Waals surface area contributed by atoms with E-state index in [1.807, 2.05) is 41.1 Å². The van der Waals surface area contributed by atoms with Gasteiger partial charge in [-0.1, -0.05) is 37.3 Å². The Balaban J connectivity index is 1.52. The number of anilines is 1. The van der Waals surface area contributed by atoms with Gasteiger partial charge in [-0.25, -0.2) is 4.98 Å². The van der Waals surface area contributed by atoms with Crippen LogP contribution in [0.4, 0.5) is 5.13 Å². The van der Waals surface area contributed by atoms with Gasteiger partial charge >= 0.3 is 0 Å². The first-order valence-corrected chi connectivity index (χ1v) is 9.88. The average Bonchev–Trinajstić information content (AvgIpc) is 3.22. The lowest BCUT2D eigenvalue weighted by molar-refractivity contribution is 0.102. The Morgan fingerprint density at radius 1 is 1.21 bits per heavy atom. The average molecular weight is 355 g/mol. The molecule has 0 fully saturated rings. The summed E-state index contributed by atoms with van der Waals surface area (Å²) in [5, 5.41) is 7.61. The first-order chi connectivity index (χ1) is 11.7. The van der Waals surface area contributed by atoms with Gasteiger partial charge in [0.25, 0.3) is 5.91 Å². The SMILES string of the molecule is C[C@H]1CCc2c(C(=O)Nc3nc(-c4ccccc4)cs3)csc2C1. The molecule has 3 nitrogen and oxygen atoms in total. The molecule has 1 aromatic carbocycles. The lowest BCUT2D eigenvalue weighted by Gasteiger charge is -2.18. The molecule has 122 valence electrons. The summed E-state index contributed by atoms with van der Waals surface area (Å²) >= 11 is 3.19. The zero-order valence-electron chi connectivity index (χ0n) is 13.4. The van der Waals surface area contributed by atoms with Crippen LogP contribution in [0.3, 0.4) is 0 Å². The standard InChI is InChI=1S/C19H18N2OS2/c1-12-7-8-14-15(10-23-17(14)9-12)18(22)21-19-20-16(11-24-19)13-5-3-2-4-6-13/h2-6,10-12H,7-9H2,1H3,(H,20,21,22)/t12-/m0/s1. The quantitative estimate of drug-likeness (QED) is 0.698. The van der Waals surface area contributed by atoms with Gasteiger partial charge in [0.05, 0.1) is 11.3 Å². The van der Waals surface area contributed by atoms with Crippen molar-refractivity contribution in [2.24, 2.45) is 5.92 Å². The number of thiazole rings is 1. The van der Waals surface area contributed by atoms with Crippen molar-refractivity contribution in [3.63, 3.8) is 0 Å². The molecule has 1 amide bonds. The van der Waals surface area contributed by atoms with Crippen LogP contribution in [-0.4, -0.2) is 10.9 Å². The number of rotatable bonds is 3. The smallest absolute Gasteiger partial charge is 0.258 e. The van der Waals surface area contributed by atoms with Crippen molar-refractivity contribution in [3.8, 4) is 11.3 Å². The van der Waals surface area contributed by atoms with Gasteiger partial charge in [-0.2, -0.15) is 0 Å². The van der Waals surface area contributed by atoms with Crippen LogP contribution < -0.4 is 5.32 Å². The number of carbonyl (C=O) groups excluding carboxylic acids is 1. The highest BCUT2D eigenvalue weighted by Crippen LogP contribution is 2.33. The third kappa shape index (κ3) is 3.01. The first-order valence-electron chi connectivity index (χ1n) is 8.12. The summed E-state index contributed by atoms with van der Waals surface area (Å²) in [4.78, 5) is 18.6. The Bertz CT molecular complexity index is 867. The van der Waals surface area contributed by atoms with E-state index >= 15 is 0 Å². The number of aromatic nitrogens is 1. The van der Waals surface area contributed by atoms with Crippen LogP contribution in [0.15, 0.2) is 41.1 Å². The molecule has 1 aliphatic carbocycles. The van der Waals surface area contributed by atoms with E-state index in [1.54, 1.807) is 11.3 Å². The number of hydrogen-bond donors (Lipinski definition) is 1. The summed E-state index contributed by atoms with van der Waals surface area (Å²) in [5.41, 5.74) is 4.04. The minimum absolute atomic E-state index is 0.0315. The maximum atomic E-state index is 12.6. The summed E-state index contributed by atoms with van der Waals surface area (Å²) in [5.74, 6) is 0.690. The molecule has 0 saturated carbocycles. The van der Waals surface area contributed by atoms with Crippen molar-refractivity contribution in [1.82, 2.24) is 4.98 Å². The molecule has 2 aromatic heterocycles. The van der Waals surface area contributed by atoms with E-state index in [1.165, 1.54) is 28.2 Å². The summed E-state index contributed by atoms with van der Waals surface area (Å²) in [7, 11) is 0. The first kappa shape index (κ1) is 15.5. The van der Waals surface area contributed by atoms with Gasteiger partial charge in [-0.3, -0.25) is 10.1 Å². The number of fused-ring (bicyclic) bond motifs is 1. The van der Waals surface area contributed by atoms with Crippen LogP contribution in [0.1, 0.15) is 34.1 Å². The van der Waals surface area contributed by atoms with Crippen molar-refractivity contribution in [1.29, 1.82) is 0 Å². The van der Waals surface area contributed by atoms with E-state index in [4.69, 9.17) is 0 Å². The van der Waals surface area contributed by atoms with Crippen molar-refractivity contribution in [2.75, 3.05) is 5.32 Å². The van der Waals surface area contributed by atoms with Gasteiger partial charge in [-0.05, 0) is 30.7 Å². The van der Waals surface area contributed by atoms with Gasteiger partial charge in [0, 0.05) is 21.2 Å². The topological polar surface area (TPSA) is 42.0 Å². The molecule has 1 atom stereocenters. The zero-order chi connectivity index (χ0) is 16.5. The number of benzene rings is 1. The third-order valence-corrected chi connectivity index (χ3v) is 6.25. The molecule has 0 radical (unpaired) electrons. The van der Waals surface area contributed by atoms with Crippen LogP contribution in [0.5, 0.6) is 0 Å². The molecule has 0 saturated heterocycles.